The molecule has 0 aliphatic carbocycles. The van der Waals surface area contributed by atoms with Gasteiger partial charge in [-0.3, -0.25) is 4.98 Å². The van der Waals surface area contributed by atoms with Gasteiger partial charge in [0, 0.05) is 34.1 Å². The third-order valence-electron chi connectivity index (χ3n) is 2.53. The normalized spacial score (nSPS) is 11.4. The van der Waals surface area contributed by atoms with Gasteiger partial charge in [0.05, 0.1) is 5.56 Å². The maximum atomic E-state index is 12.9. The average Bonchev–Trinajstić information content (AvgIpc) is 2.36. The Morgan fingerprint density at radius 2 is 1.95 bits per heavy atom. The topological polar surface area (TPSA) is 24.9 Å². The molecular formula is C13H9BrClF3N2. The number of aromatic nitrogens is 1. The predicted octanol–water partition coefficient (Wildman–Crippen LogP) is 5.13. The van der Waals surface area contributed by atoms with E-state index in [2.05, 4.69) is 26.2 Å². The van der Waals surface area contributed by atoms with Crippen LogP contribution in [0.25, 0.3) is 0 Å². The zero-order chi connectivity index (χ0) is 14.8. The van der Waals surface area contributed by atoms with Crippen molar-refractivity contribution < 1.29 is 13.2 Å². The molecular weight excluding hydrogens is 357 g/mol. The van der Waals surface area contributed by atoms with Crippen molar-refractivity contribution in [2.45, 2.75) is 12.7 Å². The van der Waals surface area contributed by atoms with Crippen LogP contribution in [0.1, 0.15) is 11.1 Å². The third kappa shape index (κ3) is 3.86. The first-order valence-corrected chi connectivity index (χ1v) is 6.73. The van der Waals surface area contributed by atoms with E-state index in [1.807, 2.05) is 0 Å². The number of hydrogen-bond acceptors (Lipinski definition) is 2. The molecule has 1 heterocycles. The van der Waals surface area contributed by atoms with E-state index >= 15 is 0 Å². The molecule has 0 saturated carbocycles. The molecule has 0 bridgehead atoms. The number of nitrogens with one attached hydrogen (secondary N) is 1. The number of anilines is 1. The number of alkyl halides is 3. The van der Waals surface area contributed by atoms with Gasteiger partial charge in [-0.2, -0.15) is 13.2 Å². The van der Waals surface area contributed by atoms with Crippen LogP contribution in [-0.4, -0.2) is 4.98 Å². The van der Waals surface area contributed by atoms with Crippen LogP contribution in [0.15, 0.2) is 41.1 Å². The van der Waals surface area contributed by atoms with Crippen molar-refractivity contribution in [2.75, 3.05) is 5.32 Å². The Balaban J connectivity index is 2.21. The average molecular weight is 366 g/mol. The lowest BCUT2D eigenvalue weighted by Crippen LogP contribution is -2.11. The highest BCUT2D eigenvalue weighted by Gasteiger charge is 2.33. The zero-order valence-electron chi connectivity index (χ0n) is 10.0. The predicted molar refractivity (Wildman–Crippen MR) is 75.7 cm³/mol. The SMILES string of the molecule is FC(F)(F)c1cc(Cl)ccc1NCc1cncc(Br)c1. The van der Waals surface area contributed by atoms with Crippen molar-refractivity contribution in [2.24, 2.45) is 0 Å². The molecule has 0 aliphatic heterocycles. The van der Waals surface area contributed by atoms with E-state index in [-0.39, 0.29) is 17.3 Å². The van der Waals surface area contributed by atoms with Gasteiger partial charge < -0.3 is 5.32 Å². The summed E-state index contributed by atoms with van der Waals surface area (Å²) in [4.78, 5) is 3.95. The van der Waals surface area contributed by atoms with E-state index < -0.39 is 11.7 Å². The number of nitrogens with zero attached hydrogens (tertiary/aromatic N) is 1. The summed E-state index contributed by atoms with van der Waals surface area (Å²) in [6.07, 6.45) is -1.27. The van der Waals surface area contributed by atoms with Crippen molar-refractivity contribution >= 4 is 33.2 Å². The van der Waals surface area contributed by atoms with Crippen molar-refractivity contribution in [1.29, 1.82) is 0 Å². The molecule has 0 saturated heterocycles. The summed E-state index contributed by atoms with van der Waals surface area (Å²) < 4.78 is 39.5. The molecule has 2 nitrogen and oxygen atoms in total. The molecule has 20 heavy (non-hydrogen) atoms. The first kappa shape index (κ1) is 15.1. The van der Waals surface area contributed by atoms with E-state index in [4.69, 9.17) is 11.6 Å². The quantitative estimate of drug-likeness (QED) is 0.816. The Morgan fingerprint density at radius 1 is 1.20 bits per heavy atom. The highest BCUT2D eigenvalue weighted by Crippen LogP contribution is 2.36. The summed E-state index contributed by atoms with van der Waals surface area (Å²) >= 11 is 8.87. The molecule has 0 fully saturated rings. The minimum absolute atomic E-state index is 0.0122. The molecule has 0 spiro atoms. The summed E-state index contributed by atoms with van der Waals surface area (Å²) in [5, 5.41) is 2.80. The Labute approximate surface area is 127 Å². The van der Waals surface area contributed by atoms with E-state index in [1.54, 1.807) is 18.5 Å². The molecule has 1 N–H and O–H groups in total. The van der Waals surface area contributed by atoms with Crippen LogP contribution >= 0.6 is 27.5 Å². The Morgan fingerprint density at radius 3 is 2.60 bits per heavy atom. The molecule has 1 aromatic heterocycles. The van der Waals surface area contributed by atoms with Crippen LogP contribution in [0.4, 0.5) is 18.9 Å². The number of rotatable bonds is 3. The van der Waals surface area contributed by atoms with Crippen LogP contribution in [-0.2, 0) is 12.7 Å². The molecule has 1 aromatic carbocycles. The molecule has 0 unspecified atom stereocenters. The van der Waals surface area contributed by atoms with Crippen LogP contribution in [0.3, 0.4) is 0 Å². The van der Waals surface area contributed by atoms with Crippen LogP contribution in [0.2, 0.25) is 5.02 Å². The van der Waals surface area contributed by atoms with Gasteiger partial charge >= 0.3 is 6.18 Å². The van der Waals surface area contributed by atoms with E-state index in [0.717, 1.165) is 16.1 Å². The largest absolute Gasteiger partial charge is 0.418 e. The maximum Gasteiger partial charge on any atom is 0.418 e. The lowest BCUT2D eigenvalue weighted by Gasteiger charge is -2.15. The van der Waals surface area contributed by atoms with Crippen LogP contribution in [0, 0.1) is 0 Å². The number of halogens is 5. The van der Waals surface area contributed by atoms with Crippen molar-refractivity contribution in [3.63, 3.8) is 0 Å². The second kappa shape index (κ2) is 6.01. The Kier molecular flexibility index (Phi) is 4.55. The molecule has 0 radical (unpaired) electrons. The third-order valence-corrected chi connectivity index (χ3v) is 3.20. The molecule has 106 valence electrons. The monoisotopic (exact) mass is 364 g/mol. The summed E-state index contributed by atoms with van der Waals surface area (Å²) in [5.41, 5.74) is -0.0303. The van der Waals surface area contributed by atoms with E-state index in [1.165, 1.54) is 12.1 Å². The second-order valence-corrected chi connectivity index (χ2v) is 5.40. The molecule has 2 rings (SSSR count). The summed E-state index contributed by atoms with van der Waals surface area (Å²) in [7, 11) is 0. The van der Waals surface area contributed by atoms with Gasteiger partial charge in [0.25, 0.3) is 0 Å². The van der Waals surface area contributed by atoms with Crippen LogP contribution in [0.5, 0.6) is 0 Å². The van der Waals surface area contributed by atoms with Gasteiger partial charge in [-0.25, -0.2) is 0 Å². The lowest BCUT2D eigenvalue weighted by atomic mass is 10.1. The molecule has 7 heteroatoms. The fourth-order valence-corrected chi connectivity index (χ4v) is 2.24. The number of hydrogen-bond donors (Lipinski definition) is 1. The standard InChI is InChI=1S/C13H9BrClF3N2/c14-9-3-8(5-19-7-9)6-20-12-2-1-10(15)4-11(12)13(16,17)18/h1-5,7,20H,6H2. The second-order valence-electron chi connectivity index (χ2n) is 4.05. The first-order valence-electron chi connectivity index (χ1n) is 5.56. The van der Waals surface area contributed by atoms with Crippen molar-refractivity contribution in [1.82, 2.24) is 4.98 Å². The molecule has 0 aliphatic rings. The number of pyridine rings is 1. The molecule has 2 aromatic rings. The minimum atomic E-state index is -4.46. The van der Waals surface area contributed by atoms with Gasteiger partial charge in [0.15, 0.2) is 0 Å². The highest BCUT2D eigenvalue weighted by atomic mass is 79.9. The van der Waals surface area contributed by atoms with E-state index in [9.17, 15) is 13.2 Å². The van der Waals surface area contributed by atoms with Crippen molar-refractivity contribution in [3.8, 4) is 0 Å². The summed E-state index contributed by atoms with van der Waals surface area (Å²) in [6, 6.07) is 5.42. The van der Waals surface area contributed by atoms with Crippen LogP contribution < -0.4 is 5.32 Å². The number of benzene rings is 1. The van der Waals surface area contributed by atoms with Crippen molar-refractivity contribution in [3.05, 3.63) is 57.3 Å². The Hall–Kier alpha value is -1.27. The van der Waals surface area contributed by atoms with Gasteiger partial charge in [-0.05, 0) is 45.8 Å². The first-order chi connectivity index (χ1) is 9.36. The fraction of sp³-hybridized carbons (Fsp3) is 0.154. The smallest absolute Gasteiger partial charge is 0.380 e. The lowest BCUT2D eigenvalue weighted by molar-refractivity contribution is -0.136. The zero-order valence-corrected chi connectivity index (χ0v) is 12.4. The van der Waals surface area contributed by atoms with Gasteiger partial charge in [0.2, 0.25) is 0 Å². The Bertz CT molecular complexity index is 617. The summed E-state index contributed by atoms with van der Waals surface area (Å²) in [6.45, 7) is 0.233. The maximum absolute atomic E-state index is 12.9. The summed E-state index contributed by atoms with van der Waals surface area (Å²) in [5.74, 6) is 0. The molecule has 0 atom stereocenters. The van der Waals surface area contributed by atoms with Gasteiger partial charge in [-0.15, -0.1) is 0 Å². The minimum Gasteiger partial charge on any atom is -0.380 e. The fourth-order valence-electron chi connectivity index (χ4n) is 1.65. The van der Waals surface area contributed by atoms with Gasteiger partial charge in [-0.1, -0.05) is 11.6 Å². The highest BCUT2D eigenvalue weighted by molar-refractivity contribution is 9.10. The molecule has 0 amide bonds. The van der Waals surface area contributed by atoms with E-state index in [0.29, 0.717) is 0 Å². The van der Waals surface area contributed by atoms with Gasteiger partial charge in [0.1, 0.15) is 0 Å².